The molecular formula is C13H23N3. The Morgan fingerprint density at radius 1 is 1.56 bits per heavy atom. The van der Waals surface area contributed by atoms with E-state index in [1.807, 2.05) is 19.4 Å². The molecule has 0 amide bonds. The van der Waals surface area contributed by atoms with Gasteiger partial charge in [-0.2, -0.15) is 0 Å². The topological polar surface area (TPSA) is 21.1 Å². The van der Waals surface area contributed by atoms with Gasteiger partial charge < -0.3 is 4.57 Å². The van der Waals surface area contributed by atoms with Gasteiger partial charge in [0.2, 0.25) is 0 Å². The normalized spacial score (nSPS) is 12.8. The molecule has 0 unspecified atom stereocenters. The van der Waals surface area contributed by atoms with E-state index in [0.29, 0.717) is 6.04 Å². The number of aromatic nitrogens is 2. The minimum absolute atomic E-state index is 0.534. The number of hydrogen-bond donors (Lipinski definition) is 0. The van der Waals surface area contributed by atoms with Crippen LogP contribution >= 0.6 is 0 Å². The summed E-state index contributed by atoms with van der Waals surface area (Å²) >= 11 is 0. The summed E-state index contributed by atoms with van der Waals surface area (Å²) in [5, 5.41) is 0. The first kappa shape index (κ1) is 13.0. The Bertz CT molecular complexity index is 350. The fourth-order valence-corrected chi connectivity index (χ4v) is 1.56. The van der Waals surface area contributed by atoms with Gasteiger partial charge in [0, 0.05) is 32.0 Å². The van der Waals surface area contributed by atoms with Crippen LogP contribution in [0.25, 0.3) is 0 Å². The summed E-state index contributed by atoms with van der Waals surface area (Å²) in [6.07, 6.45) is 6.03. The minimum Gasteiger partial charge on any atom is -0.337 e. The van der Waals surface area contributed by atoms with Crippen LogP contribution in [-0.4, -0.2) is 27.0 Å². The third kappa shape index (κ3) is 3.49. The Labute approximate surface area is 98.8 Å². The molecule has 16 heavy (non-hydrogen) atoms. The van der Waals surface area contributed by atoms with E-state index >= 15 is 0 Å². The van der Waals surface area contributed by atoms with Gasteiger partial charge in [-0.05, 0) is 27.7 Å². The molecule has 90 valence electrons. The lowest BCUT2D eigenvalue weighted by Crippen LogP contribution is -2.32. The summed E-state index contributed by atoms with van der Waals surface area (Å²) in [6, 6.07) is 0.534. The van der Waals surface area contributed by atoms with E-state index in [4.69, 9.17) is 0 Å². The second kappa shape index (κ2) is 5.85. The predicted octanol–water partition coefficient (Wildman–Crippen LogP) is 2.60. The first-order valence-electron chi connectivity index (χ1n) is 5.86. The van der Waals surface area contributed by atoms with E-state index in [2.05, 4.69) is 48.2 Å². The van der Waals surface area contributed by atoms with Gasteiger partial charge in [-0.3, -0.25) is 4.90 Å². The van der Waals surface area contributed by atoms with Crippen molar-refractivity contribution in [2.45, 2.75) is 40.3 Å². The molecule has 0 bridgehead atoms. The van der Waals surface area contributed by atoms with Crippen LogP contribution in [0.1, 0.15) is 33.5 Å². The van der Waals surface area contributed by atoms with E-state index in [1.54, 1.807) is 0 Å². The van der Waals surface area contributed by atoms with Crippen molar-refractivity contribution in [1.29, 1.82) is 0 Å². The molecule has 0 atom stereocenters. The van der Waals surface area contributed by atoms with Crippen LogP contribution < -0.4 is 0 Å². The van der Waals surface area contributed by atoms with E-state index < -0.39 is 0 Å². The third-order valence-corrected chi connectivity index (χ3v) is 2.94. The Kier molecular flexibility index (Phi) is 4.74. The molecule has 0 aliphatic heterocycles. The van der Waals surface area contributed by atoms with Crippen molar-refractivity contribution in [3.8, 4) is 0 Å². The highest BCUT2D eigenvalue weighted by atomic mass is 15.2. The standard InChI is InChI=1S/C13H23N3/c1-6-12(4)9-16(11(2)3)10-13-14-7-8-15(13)5/h6-8,11H,9-10H2,1-5H3/b12-6+. The maximum atomic E-state index is 4.37. The highest BCUT2D eigenvalue weighted by molar-refractivity contribution is 5.00. The third-order valence-electron chi connectivity index (χ3n) is 2.94. The lowest BCUT2D eigenvalue weighted by Gasteiger charge is -2.26. The first-order chi connectivity index (χ1) is 7.54. The van der Waals surface area contributed by atoms with Crippen LogP contribution in [-0.2, 0) is 13.6 Å². The van der Waals surface area contributed by atoms with Crippen molar-refractivity contribution >= 4 is 0 Å². The predicted molar refractivity (Wildman–Crippen MR) is 68.2 cm³/mol. The van der Waals surface area contributed by atoms with Gasteiger partial charge in [-0.1, -0.05) is 11.6 Å². The van der Waals surface area contributed by atoms with Crippen molar-refractivity contribution in [1.82, 2.24) is 14.5 Å². The molecule has 0 saturated heterocycles. The lowest BCUT2D eigenvalue weighted by molar-refractivity contribution is 0.224. The van der Waals surface area contributed by atoms with Crippen LogP contribution in [0, 0.1) is 0 Å². The molecule has 0 fully saturated rings. The zero-order valence-corrected chi connectivity index (χ0v) is 11.1. The summed E-state index contributed by atoms with van der Waals surface area (Å²) < 4.78 is 2.08. The van der Waals surface area contributed by atoms with Crippen molar-refractivity contribution in [2.24, 2.45) is 7.05 Å². The van der Waals surface area contributed by atoms with Crippen LogP contribution in [0.3, 0.4) is 0 Å². The molecule has 1 heterocycles. The van der Waals surface area contributed by atoms with Crippen molar-refractivity contribution < 1.29 is 0 Å². The number of imidazole rings is 1. The molecule has 0 aliphatic rings. The maximum Gasteiger partial charge on any atom is 0.122 e. The summed E-state index contributed by atoms with van der Waals surface area (Å²) in [7, 11) is 2.04. The molecule has 1 aromatic rings. The highest BCUT2D eigenvalue weighted by Crippen LogP contribution is 2.09. The van der Waals surface area contributed by atoms with E-state index in [-0.39, 0.29) is 0 Å². The molecule has 0 spiro atoms. The number of aryl methyl sites for hydroxylation is 1. The summed E-state index contributed by atoms with van der Waals surface area (Å²) in [6.45, 7) is 10.6. The molecule has 1 aromatic heterocycles. The van der Waals surface area contributed by atoms with E-state index in [0.717, 1.165) is 18.9 Å². The second-order valence-electron chi connectivity index (χ2n) is 4.59. The Morgan fingerprint density at radius 2 is 2.25 bits per heavy atom. The number of nitrogens with zero attached hydrogens (tertiary/aromatic N) is 3. The van der Waals surface area contributed by atoms with Crippen LogP contribution in [0.4, 0.5) is 0 Å². The van der Waals surface area contributed by atoms with Crippen molar-refractivity contribution in [3.63, 3.8) is 0 Å². The van der Waals surface area contributed by atoms with Gasteiger partial charge in [-0.15, -0.1) is 0 Å². The van der Waals surface area contributed by atoms with Gasteiger partial charge in [0.25, 0.3) is 0 Å². The zero-order chi connectivity index (χ0) is 12.1. The maximum absolute atomic E-state index is 4.37. The molecule has 0 saturated carbocycles. The highest BCUT2D eigenvalue weighted by Gasteiger charge is 2.12. The first-order valence-corrected chi connectivity index (χ1v) is 5.86. The van der Waals surface area contributed by atoms with Crippen molar-refractivity contribution in [3.05, 3.63) is 29.9 Å². The lowest BCUT2D eigenvalue weighted by atomic mass is 10.2. The van der Waals surface area contributed by atoms with Crippen LogP contribution in [0.2, 0.25) is 0 Å². The quantitative estimate of drug-likeness (QED) is 0.713. The number of allylic oxidation sites excluding steroid dienone is 1. The molecular weight excluding hydrogens is 198 g/mol. The van der Waals surface area contributed by atoms with Crippen LogP contribution in [0.5, 0.6) is 0 Å². The fourth-order valence-electron chi connectivity index (χ4n) is 1.56. The molecule has 3 nitrogen and oxygen atoms in total. The largest absolute Gasteiger partial charge is 0.337 e. The second-order valence-corrected chi connectivity index (χ2v) is 4.59. The molecule has 1 rings (SSSR count). The van der Waals surface area contributed by atoms with Crippen LogP contribution in [0.15, 0.2) is 24.0 Å². The Hall–Kier alpha value is -1.09. The molecule has 3 heteroatoms. The molecule has 0 aromatic carbocycles. The number of rotatable bonds is 5. The average molecular weight is 221 g/mol. The Morgan fingerprint density at radius 3 is 2.69 bits per heavy atom. The van der Waals surface area contributed by atoms with E-state index in [1.165, 1.54) is 5.57 Å². The number of hydrogen-bond acceptors (Lipinski definition) is 2. The molecule has 0 radical (unpaired) electrons. The molecule has 0 N–H and O–H groups in total. The SMILES string of the molecule is C/C=C(\C)CN(Cc1nccn1C)C(C)C. The summed E-state index contributed by atoms with van der Waals surface area (Å²) in [5.41, 5.74) is 1.41. The molecule has 0 aliphatic carbocycles. The zero-order valence-electron chi connectivity index (χ0n) is 11.1. The minimum atomic E-state index is 0.534. The van der Waals surface area contributed by atoms with Gasteiger partial charge in [0.15, 0.2) is 0 Å². The Balaban J connectivity index is 2.69. The monoisotopic (exact) mass is 221 g/mol. The van der Waals surface area contributed by atoms with Gasteiger partial charge in [-0.25, -0.2) is 4.98 Å². The smallest absolute Gasteiger partial charge is 0.122 e. The van der Waals surface area contributed by atoms with E-state index in [9.17, 15) is 0 Å². The van der Waals surface area contributed by atoms with Gasteiger partial charge >= 0.3 is 0 Å². The summed E-state index contributed by atoms with van der Waals surface area (Å²) in [4.78, 5) is 6.80. The van der Waals surface area contributed by atoms with Crippen molar-refractivity contribution in [2.75, 3.05) is 6.54 Å². The van der Waals surface area contributed by atoms with Gasteiger partial charge in [0.1, 0.15) is 5.82 Å². The average Bonchev–Trinajstić information content (AvgIpc) is 2.63. The summed E-state index contributed by atoms with van der Waals surface area (Å²) in [5.74, 6) is 1.12. The fraction of sp³-hybridized carbons (Fsp3) is 0.615. The van der Waals surface area contributed by atoms with Gasteiger partial charge in [0.05, 0.1) is 6.54 Å².